The van der Waals surface area contributed by atoms with Crippen LogP contribution < -0.4 is 0 Å². The zero-order valence-electron chi connectivity index (χ0n) is 9.35. The zero-order valence-corrected chi connectivity index (χ0v) is 9.35. The van der Waals surface area contributed by atoms with E-state index in [1.807, 2.05) is 11.8 Å². The Hall–Kier alpha value is -1.36. The van der Waals surface area contributed by atoms with Crippen LogP contribution in [0.4, 0.5) is 0 Å². The first kappa shape index (κ1) is 11.1. The molecular formula is C11H16N2O3. The van der Waals surface area contributed by atoms with Gasteiger partial charge in [0.15, 0.2) is 6.39 Å². The Labute approximate surface area is 94.1 Å². The van der Waals surface area contributed by atoms with Crippen molar-refractivity contribution in [3.8, 4) is 0 Å². The van der Waals surface area contributed by atoms with Crippen molar-refractivity contribution in [2.24, 2.45) is 5.92 Å². The van der Waals surface area contributed by atoms with Crippen LogP contribution in [0.2, 0.25) is 0 Å². The molecule has 0 amide bonds. The van der Waals surface area contributed by atoms with E-state index in [1.165, 1.54) is 19.2 Å². The molecule has 2 rings (SSSR count). The molecule has 88 valence electrons. The van der Waals surface area contributed by atoms with Gasteiger partial charge in [-0.3, -0.25) is 9.69 Å². The molecule has 0 radical (unpaired) electrons. The van der Waals surface area contributed by atoms with E-state index in [-0.39, 0.29) is 6.54 Å². The summed E-state index contributed by atoms with van der Waals surface area (Å²) in [5, 5.41) is 8.83. The molecule has 16 heavy (non-hydrogen) atoms. The number of nitrogens with zero attached hydrogens (tertiary/aromatic N) is 2. The second-order valence-electron chi connectivity index (χ2n) is 4.36. The molecule has 1 aromatic heterocycles. The Morgan fingerprint density at radius 1 is 1.69 bits per heavy atom. The van der Waals surface area contributed by atoms with Crippen LogP contribution in [0.5, 0.6) is 0 Å². The predicted molar refractivity (Wildman–Crippen MR) is 56.9 cm³/mol. The number of rotatable bonds is 6. The van der Waals surface area contributed by atoms with E-state index >= 15 is 0 Å². The third-order valence-corrected chi connectivity index (χ3v) is 2.79. The Morgan fingerprint density at radius 2 is 2.44 bits per heavy atom. The zero-order chi connectivity index (χ0) is 11.5. The molecule has 0 aliphatic heterocycles. The molecule has 1 fully saturated rings. The Balaban J connectivity index is 1.94. The van der Waals surface area contributed by atoms with Crippen LogP contribution in [-0.4, -0.2) is 34.0 Å². The summed E-state index contributed by atoms with van der Waals surface area (Å²) in [5.41, 5.74) is 0.835. The summed E-state index contributed by atoms with van der Waals surface area (Å²) in [6, 6.07) is 0. The molecule has 0 aromatic carbocycles. The molecule has 0 atom stereocenters. The van der Waals surface area contributed by atoms with Gasteiger partial charge in [0.25, 0.3) is 0 Å². The summed E-state index contributed by atoms with van der Waals surface area (Å²) < 4.78 is 5.11. The van der Waals surface area contributed by atoms with Crippen molar-refractivity contribution < 1.29 is 14.3 Å². The molecule has 5 heteroatoms. The Morgan fingerprint density at radius 3 is 2.94 bits per heavy atom. The van der Waals surface area contributed by atoms with Crippen molar-refractivity contribution in [1.29, 1.82) is 0 Å². The lowest BCUT2D eigenvalue weighted by molar-refractivity contribution is -0.138. The van der Waals surface area contributed by atoms with E-state index in [2.05, 4.69) is 4.98 Å². The standard InChI is InChI=1S/C11H16N2O3/c1-8-10(12-7-16-8)5-13(6-11(14)15)4-9-2-3-9/h7,9H,2-6H2,1H3,(H,14,15). The van der Waals surface area contributed by atoms with Gasteiger partial charge < -0.3 is 9.52 Å². The number of hydrogen-bond donors (Lipinski definition) is 1. The van der Waals surface area contributed by atoms with E-state index in [1.54, 1.807) is 0 Å². The third kappa shape index (κ3) is 3.06. The number of oxazole rings is 1. The fraction of sp³-hybridized carbons (Fsp3) is 0.636. The second-order valence-corrected chi connectivity index (χ2v) is 4.36. The van der Waals surface area contributed by atoms with Gasteiger partial charge in [-0.05, 0) is 25.7 Å². The Kier molecular flexibility index (Phi) is 3.24. The molecule has 0 bridgehead atoms. The number of aliphatic carboxylic acids is 1. The van der Waals surface area contributed by atoms with Gasteiger partial charge in [-0.1, -0.05) is 0 Å². The van der Waals surface area contributed by atoms with Gasteiger partial charge in [0.05, 0.1) is 12.2 Å². The number of hydrogen-bond acceptors (Lipinski definition) is 4. The predicted octanol–water partition coefficient (Wildman–Crippen LogP) is 1.28. The Bertz CT molecular complexity index is 371. The first-order valence-electron chi connectivity index (χ1n) is 5.48. The van der Waals surface area contributed by atoms with E-state index in [0.29, 0.717) is 12.5 Å². The SMILES string of the molecule is Cc1ocnc1CN(CC(=O)O)CC1CC1. The maximum Gasteiger partial charge on any atom is 0.317 e. The number of aryl methyl sites for hydroxylation is 1. The van der Waals surface area contributed by atoms with Gasteiger partial charge in [0, 0.05) is 13.1 Å². The van der Waals surface area contributed by atoms with Gasteiger partial charge in [-0.2, -0.15) is 0 Å². The van der Waals surface area contributed by atoms with Crippen LogP contribution in [0, 0.1) is 12.8 Å². The molecule has 1 N–H and O–H groups in total. The van der Waals surface area contributed by atoms with Crippen molar-refractivity contribution >= 4 is 5.97 Å². The van der Waals surface area contributed by atoms with Gasteiger partial charge in [-0.25, -0.2) is 4.98 Å². The maximum atomic E-state index is 10.7. The van der Waals surface area contributed by atoms with Crippen LogP contribution in [-0.2, 0) is 11.3 Å². The summed E-state index contributed by atoms with van der Waals surface area (Å²) >= 11 is 0. The van der Waals surface area contributed by atoms with Crippen molar-refractivity contribution in [1.82, 2.24) is 9.88 Å². The van der Waals surface area contributed by atoms with Gasteiger partial charge in [-0.15, -0.1) is 0 Å². The van der Waals surface area contributed by atoms with E-state index in [4.69, 9.17) is 9.52 Å². The maximum absolute atomic E-state index is 10.7. The molecule has 1 aromatic rings. The summed E-state index contributed by atoms with van der Waals surface area (Å²) in [6.07, 6.45) is 3.84. The molecule has 0 saturated heterocycles. The lowest BCUT2D eigenvalue weighted by Gasteiger charge is -2.18. The fourth-order valence-corrected chi connectivity index (χ4v) is 1.73. The number of carboxylic acids is 1. The van der Waals surface area contributed by atoms with Crippen molar-refractivity contribution in [2.45, 2.75) is 26.3 Å². The first-order chi connectivity index (χ1) is 7.65. The van der Waals surface area contributed by atoms with Crippen molar-refractivity contribution in [3.63, 3.8) is 0 Å². The lowest BCUT2D eigenvalue weighted by Crippen LogP contribution is -2.31. The van der Waals surface area contributed by atoms with E-state index in [0.717, 1.165) is 18.0 Å². The number of aromatic nitrogens is 1. The third-order valence-electron chi connectivity index (χ3n) is 2.79. The average molecular weight is 224 g/mol. The molecule has 1 saturated carbocycles. The van der Waals surface area contributed by atoms with Gasteiger partial charge >= 0.3 is 5.97 Å². The highest BCUT2D eigenvalue weighted by molar-refractivity contribution is 5.69. The minimum absolute atomic E-state index is 0.0722. The van der Waals surface area contributed by atoms with Gasteiger partial charge in [0.1, 0.15) is 5.76 Å². The van der Waals surface area contributed by atoms with E-state index in [9.17, 15) is 4.79 Å². The normalized spacial score (nSPS) is 15.6. The topological polar surface area (TPSA) is 66.6 Å². The summed E-state index contributed by atoms with van der Waals surface area (Å²) in [7, 11) is 0. The van der Waals surface area contributed by atoms with Crippen molar-refractivity contribution in [3.05, 3.63) is 17.8 Å². The van der Waals surface area contributed by atoms with Crippen LogP contribution in [0.15, 0.2) is 10.8 Å². The minimum Gasteiger partial charge on any atom is -0.480 e. The monoisotopic (exact) mass is 224 g/mol. The summed E-state index contributed by atoms with van der Waals surface area (Å²) in [5.74, 6) is 0.652. The summed E-state index contributed by atoms with van der Waals surface area (Å²) in [4.78, 5) is 16.8. The fourth-order valence-electron chi connectivity index (χ4n) is 1.73. The largest absolute Gasteiger partial charge is 0.480 e. The smallest absolute Gasteiger partial charge is 0.317 e. The molecule has 1 aliphatic rings. The quantitative estimate of drug-likeness (QED) is 0.788. The number of carbonyl (C=O) groups is 1. The highest BCUT2D eigenvalue weighted by Gasteiger charge is 2.25. The molecule has 1 aliphatic carbocycles. The molecule has 0 unspecified atom stereocenters. The van der Waals surface area contributed by atoms with Crippen LogP contribution in [0.25, 0.3) is 0 Å². The van der Waals surface area contributed by atoms with Crippen LogP contribution in [0.3, 0.4) is 0 Å². The minimum atomic E-state index is -0.790. The molecule has 5 nitrogen and oxygen atoms in total. The molecule has 0 spiro atoms. The van der Waals surface area contributed by atoms with Crippen LogP contribution in [0.1, 0.15) is 24.3 Å². The highest BCUT2D eigenvalue weighted by Crippen LogP contribution is 2.30. The highest BCUT2D eigenvalue weighted by atomic mass is 16.4. The van der Waals surface area contributed by atoms with Gasteiger partial charge in [0.2, 0.25) is 0 Å². The van der Waals surface area contributed by atoms with E-state index < -0.39 is 5.97 Å². The summed E-state index contributed by atoms with van der Waals surface area (Å²) in [6.45, 7) is 3.32. The lowest BCUT2D eigenvalue weighted by atomic mass is 10.3. The molecule has 1 heterocycles. The first-order valence-corrected chi connectivity index (χ1v) is 5.48. The average Bonchev–Trinajstić information content (AvgIpc) is 2.91. The molecular weight excluding hydrogens is 208 g/mol. The second kappa shape index (κ2) is 4.65. The van der Waals surface area contributed by atoms with Crippen molar-refractivity contribution in [2.75, 3.05) is 13.1 Å². The number of carboxylic acid groups (broad SMARTS) is 1. The van der Waals surface area contributed by atoms with Crippen LogP contribution >= 0.6 is 0 Å².